The Morgan fingerprint density at radius 1 is 1.19 bits per heavy atom. The van der Waals surface area contributed by atoms with Gasteiger partial charge in [0.25, 0.3) is 0 Å². The second kappa shape index (κ2) is 12.3. The number of ether oxygens (including phenoxy) is 1. The number of rotatable bonds is 11. The molecule has 4 heterocycles. The van der Waals surface area contributed by atoms with Crippen LogP contribution in [0.15, 0.2) is 12.3 Å². The minimum Gasteiger partial charge on any atom is -0.391 e. The van der Waals surface area contributed by atoms with Crippen LogP contribution < -0.4 is 15.5 Å². The first-order chi connectivity index (χ1) is 17.2. The summed E-state index contributed by atoms with van der Waals surface area (Å²) in [5, 5.41) is 24.5. The molecule has 36 heavy (non-hydrogen) atoms. The Labute approximate surface area is 210 Å². The molecule has 5 N–H and O–H groups in total. The number of likely N-dealkylation sites (tertiary alicyclic amines) is 1. The molecule has 15 heteroatoms. The highest BCUT2D eigenvalue weighted by atomic mass is 31.2. The lowest BCUT2D eigenvalue weighted by atomic mass is 10.1. The molecule has 0 radical (unpaired) electrons. The normalized spacial score (nSPS) is 18.8. The smallest absolute Gasteiger partial charge is 0.326 e. The van der Waals surface area contributed by atoms with Crippen LogP contribution in [-0.4, -0.2) is 109 Å². The monoisotopic (exact) mass is 525 g/mol. The molecule has 2 aliphatic rings. The van der Waals surface area contributed by atoms with Gasteiger partial charge in [0, 0.05) is 44.8 Å². The Balaban J connectivity index is 1.39. The van der Waals surface area contributed by atoms with Gasteiger partial charge in [0.2, 0.25) is 5.95 Å². The fraction of sp³-hybridized carbons (Fsp3) is 0.714. The van der Waals surface area contributed by atoms with Crippen molar-refractivity contribution >= 4 is 25.2 Å². The van der Waals surface area contributed by atoms with Crippen molar-refractivity contribution in [3.63, 3.8) is 0 Å². The van der Waals surface area contributed by atoms with E-state index in [1.807, 2.05) is 6.07 Å². The number of hydrogen-bond acceptors (Lipinski definition) is 11. The summed E-state index contributed by atoms with van der Waals surface area (Å²) in [6.07, 6.45) is 2.88. The zero-order valence-electron chi connectivity index (χ0n) is 20.5. The molecule has 0 aromatic carbocycles. The van der Waals surface area contributed by atoms with Crippen LogP contribution in [0.2, 0.25) is 0 Å². The van der Waals surface area contributed by atoms with E-state index in [4.69, 9.17) is 19.5 Å². The molecule has 2 aromatic heterocycles. The topological polar surface area (TPSA) is 174 Å². The van der Waals surface area contributed by atoms with Crippen molar-refractivity contribution in [2.24, 2.45) is 0 Å². The lowest BCUT2D eigenvalue weighted by molar-refractivity contribution is 0.122. The number of anilines is 3. The number of aliphatic hydroxyl groups excluding tert-OH is 1. The second-order valence-corrected chi connectivity index (χ2v) is 11.1. The molecule has 0 saturated carbocycles. The molecule has 2 saturated heterocycles. The summed E-state index contributed by atoms with van der Waals surface area (Å²) in [4.78, 5) is 31.9. The lowest BCUT2D eigenvalue weighted by Gasteiger charge is -2.33. The molecule has 2 aromatic rings. The van der Waals surface area contributed by atoms with Crippen molar-refractivity contribution in [1.82, 2.24) is 29.9 Å². The predicted molar refractivity (Wildman–Crippen MR) is 134 cm³/mol. The third kappa shape index (κ3) is 8.36. The molecule has 2 fully saturated rings. The first-order valence-electron chi connectivity index (χ1n) is 12.3. The van der Waals surface area contributed by atoms with Crippen molar-refractivity contribution in [3.8, 4) is 0 Å². The molecular weight excluding hydrogens is 489 g/mol. The average molecular weight is 526 g/mol. The van der Waals surface area contributed by atoms with E-state index in [1.54, 1.807) is 17.8 Å². The van der Waals surface area contributed by atoms with E-state index in [1.165, 1.54) is 0 Å². The van der Waals surface area contributed by atoms with Crippen LogP contribution in [0.25, 0.3) is 0 Å². The number of nitrogens with zero attached hydrogens (tertiary/aromatic N) is 7. The number of nitrogens with one attached hydrogen (secondary N) is 2. The van der Waals surface area contributed by atoms with Crippen molar-refractivity contribution in [2.75, 3.05) is 67.6 Å². The van der Waals surface area contributed by atoms with E-state index >= 15 is 0 Å². The Kier molecular flexibility index (Phi) is 9.09. The number of aromatic nitrogens is 5. The number of morpholine rings is 1. The molecule has 0 spiro atoms. The fourth-order valence-electron chi connectivity index (χ4n) is 4.27. The third-order valence-corrected chi connectivity index (χ3v) is 6.94. The molecule has 0 aliphatic carbocycles. The summed E-state index contributed by atoms with van der Waals surface area (Å²) in [6.45, 7) is 7.21. The Morgan fingerprint density at radius 2 is 1.94 bits per heavy atom. The van der Waals surface area contributed by atoms with Crippen LogP contribution in [0.4, 0.5) is 17.6 Å². The SMILES string of the molecule is CC(O)Cn1cc(CNc2nc(NC3CCN(CCP(=O)(O)O)CC3)cc(N3CCOCC3)n2)nn1. The zero-order valence-corrected chi connectivity index (χ0v) is 21.4. The van der Waals surface area contributed by atoms with Crippen molar-refractivity contribution < 1.29 is 24.2 Å². The molecular formula is C21H36N9O5P. The van der Waals surface area contributed by atoms with Crippen LogP contribution >= 0.6 is 7.60 Å². The first-order valence-corrected chi connectivity index (χ1v) is 14.1. The van der Waals surface area contributed by atoms with Gasteiger partial charge in [0.05, 0.1) is 44.8 Å². The standard InChI is InChI=1S/C21H36N9O5P/c1-16(31)14-30-15-18(26-27-30)13-22-21-24-19(12-20(25-21)29-6-9-35-10-7-29)23-17-2-4-28(5-3-17)8-11-36(32,33)34/h12,15-17,31H,2-11,13-14H2,1H3,(H2,32,33,34)(H2,22,23,24,25). The summed E-state index contributed by atoms with van der Waals surface area (Å²) in [5.41, 5.74) is 0.716. The van der Waals surface area contributed by atoms with Gasteiger partial charge >= 0.3 is 7.60 Å². The highest BCUT2D eigenvalue weighted by Gasteiger charge is 2.23. The van der Waals surface area contributed by atoms with E-state index in [9.17, 15) is 9.67 Å². The van der Waals surface area contributed by atoms with E-state index in [2.05, 4.69) is 35.7 Å². The zero-order chi connectivity index (χ0) is 25.5. The minimum absolute atomic E-state index is 0.109. The van der Waals surface area contributed by atoms with E-state index in [0.29, 0.717) is 44.5 Å². The molecule has 4 rings (SSSR count). The van der Waals surface area contributed by atoms with Crippen LogP contribution in [0.3, 0.4) is 0 Å². The van der Waals surface area contributed by atoms with Gasteiger partial charge in [-0.3, -0.25) is 4.57 Å². The van der Waals surface area contributed by atoms with Gasteiger partial charge in [-0.15, -0.1) is 5.10 Å². The summed E-state index contributed by atoms with van der Waals surface area (Å²) in [7, 11) is -3.98. The largest absolute Gasteiger partial charge is 0.391 e. The van der Waals surface area contributed by atoms with E-state index in [-0.39, 0.29) is 12.2 Å². The molecule has 200 valence electrons. The summed E-state index contributed by atoms with van der Waals surface area (Å²) >= 11 is 0. The van der Waals surface area contributed by atoms with Crippen LogP contribution in [0, 0.1) is 0 Å². The molecule has 2 aliphatic heterocycles. The number of piperidine rings is 1. The van der Waals surface area contributed by atoms with E-state index < -0.39 is 13.7 Å². The van der Waals surface area contributed by atoms with Crippen LogP contribution in [0.1, 0.15) is 25.5 Å². The Morgan fingerprint density at radius 3 is 2.64 bits per heavy atom. The van der Waals surface area contributed by atoms with Crippen LogP contribution in [-0.2, 0) is 22.4 Å². The van der Waals surface area contributed by atoms with Gasteiger partial charge in [-0.1, -0.05) is 5.21 Å². The van der Waals surface area contributed by atoms with Crippen molar-refractivity contribution in [3.05, 3.63) is 18.0 Å². The molecule has 14 nitrogen and oxygen atoms in total. The maximum Gasteiger partial charge on any atom is 0.326 e. The van der Waals surface area contributed by atoms with Crippen LogP contribution in [0.5, 0.6) is 0 Å². The minimum atomic E-state index is -3.98. The number of hydrogen-bond donors (Lipinski definition) is 5. The van der Waals surface area contributed by atoms with Gasteiger partial charge < -0.3 is 40.1 Å². The van der Waals surface area contributed by atoms with Gasteiger partial charge in [-0.05, 0) is 19.8 Å². The maximum atomic E-state index is 11.2. The number of aliphatic hydroxyl groups is 1. The lowest BCUT2D eigenvalue weighted by Crippen LogP contribution is -2.40. The van der Waals surface area contributed by atoms with Gasteiger partial charge in [0.1, 0.15) is 17.3 Å². The van der Waals surface area contributed by atoms with Gasteiger partial charge in [0.15, 0.2) is 0 Å². The van der Waals surface area contributed by atoms with Gasteiger partial charge in [-0.25, -0.2) is 4.68 Å². The Hall–Kier alpha value is -2.35. The molecule has 0 amide bonds. The van der Waals surface area contributed by atoms with Crippen molar-refractivity contribution in [1.29, 1.82) is 0 Å². The molecule has 0 bridgehead atoms. The summed E-state index contributed by atoms with van der Waals surface area (Å²) < 4.78 is 18.3. The van der Waals surface area contributed by atoms with E-state index in [0.717, 1.165) is 50.7 Å². The third-order valence-electron chi connectivity index (χ3n) is 6.16. The average Bonchev–Trinajstić information content (AvgIpc) is 3.29. The second-order valence-electron chi connectivity index (χ2n) is 9.32. The van der Waals surface area contributed by atoms with Crippen molar-refractivity contribution in [2.45, 2.75) is 45.0 Å². The first kappa shape index (κ1) is 26.7. The predicted octanol–water partition coefficient (Wildman–Crippen LogP) is -0.0484. The Bertz CT molecular complexity index is 1020. The summed E-state index contributed by atoms with van der Waals surface area (Å²) in [5.74, 6) is 2.02. The molecule has 1 unspecified atom stereocenters. The maximum absolute atomic E-state index is 11.2. The highest BCUT2D eigenvalue weighted by molar-refractivity contribution is 7.51. The highest BCUT2D eigenvalue weighted by Crippen LogP contribution is 2.34. The quantitative estimate of drug-likeness (QED) is 0.247. The molecule has 1 atom stereocenters. The summed E-state index contributed by atoms with van der Waals surface area (Å²) in [6, 6.07) is 2.16. The fourth-order valence-corrected chi connectivity index (χ4v) is 4.82. The van der Waals surface area contributed by atoms with Gasteiger partial charge in [-0.2, -0.15) is 9.97 Å².